The first-order valence-corrected chi connectivity index (χ1v) is 13.6. The molecule has 0 atom stereocenters. The first kappa shape index (κ1) is 28.0. The number of rotatable bonds is 24. The smallest absolute Gasteiger partial charge is 0.00187 e. The van der Waals surface area contributed by atoms with Crippen LogP contribution in [-0.4, -0.2) is 24.5 Å². The lowest BCUT2D eigenvalue weighted by Crippen LogP contribution is -2.27. The van der Waals surface area contributed by atoms with E-state index in [2.05, 4.69) is 25.7 Å². The van der Waals surface area contributed by atoms with Crippen molar-refractivity contribution in [1.82, 2.24) is 4.90 Å². The zero-order chi connectivity index (χ0) is 20.5. The highest BCUT2D eigenvalue weighted by atomic mass is 15.1. The van der Waals surface area contributed by atoms with Crippen LogP contribution in [0.4, 0.5) is 0 Å². The zero-order valence-corrected chi connectivity index (χ0v) is 20.4. The molecule has 0 heterocycles. The predicted molar refractivity (Wildman–Crippen MR) is 130 cm³/mol. The molecule has 0 aliphatic carbocycles. The molecule has 170 valence electrons. The van der Waals surface area contributed by atoms with Crippen LogP contribution in [0.1, 0.15) is 156 Å². The maximum absolute atomic E-state index is 2.72. The lowest BCUT2D eigenvalue weighted by atomic mass is 10.0. The largest absolute Gasteiger partial charge is 0.303 e. The Morgan fingerprint density at radius 2 is 0.536 bits per heavy atom. The molecule has 0 aliphatic heterocycles. The van der Waals surface area contributed by atoms with E-state index >= 15 is 0 Å². The summed E-state index contributed by atoms with van der Waals surface area (Å²) < 4.78 is 0. The Morgan fingerprint density at radius 1 is 0.286 bits per heavy atom. The molecule has 0 radical (unpaired) electrons. The van der Waals surface area contributed by atoms with Crippen LogP contribution in [0.15, 0.2) is 0 Å². The summed E-state index contributed by atoms with van der Waals surface area (Å²) in [5.74, 6) is 0. The molecule has 0 aromatic rings. The second kappa shape index (κ2) is 25.0. The highest BCUT2D eigenvalue weighted by Crippen LogP contribution is 2.14. The maximum Gasteiger partial charge on any atom is -0.00187 e. The van der Waals surface area contributed by atoms with E-state index in [4.69, 9.17) is 0 Å². The minimum atomic E-state index is 1.33. The molecule has 1 heteroatoms. The summed E-state index contributed by atoms with van der Waals surface area (Å²) in [6.45, 7) is 10.9. The van der Waals surface area contributed by atoms with Gasteiger partial charge in [-0.15, -0.1) is 0 Å². The summed E-state index contributed by atoms with van der Waals surface area (Å²) in [6.07, 6.45) is 30.3. The van der Waals surface area contributed by atoms with Crippen molar-refractivity contribution in [2.45, 2.75) is 156 Å². The van der Waals surface area contributed by atoms with Gasteiger partial charge in [0.2, 0.25) is 0 Å². The quantitative estimate of drug-likeness (QED) is 0.147. The fourth-order valence-corrected chi connectivity index (χ4v) is 4.16. The van der Waals surface area contributed by atoms with E-state index < -0.39 is 0 Å². The van der Waals surface area contributed by atoms with Crippen LogP contribution >= 0.6 is 0 Å². The standard InChI is InChI=1S/C27H57N/c1-4-7-10-11-12-13-14-15-16-17-18-19-20-21-22-23-24-27-28(25-8-5-2)26-9-6-3/h4-27H2,1-3H3. The highest BCUT2D eigenvalue weighted by molar-refractivity contribution is 4.58. The molecule has 0 bridgehead atoms. The number of hydrogen-bond donors (Lipinski definition) is 0. The Hall–Kier alpha value is -0.0400. The molecule has 0 N–H and O–H groups in total. The summed E-state index contributed by atoms with van der Waals surface area (Å²) in [7, 11) is 0. The van der Waals surface area contributed by atoms with Crippen molar-refractivity contribution in [3.63, 3.8) is 0 Å². The Bertz CT molecular complexity index is 255. The normalized spacial score (nSPS) is 11.6. The van der Waals surface area contributed by atoms with Gasteiger partial charge in [-0.3, -0.25) is 0 Å². The van der Waals surface area contributed by atoms with E-state index in [1.165, 1.54) is 154 Å². The maximum atomic E-state index is 2.72. The van der Waals surface area contributed by atoms with Crippen LogP contribution in [0, 0.1) is 0 Å². The average Bonchev–Trinajstić information content (AvgIpc) is 2.71. The van der Waals surface area contributed by atoms with E-state index in [9.17, 15) is 0 Å². The Kier molecular flexibility index (Phi) is 25.0. The molecule has 0 amide bonds. The molecule has 0 unspecified atom stereocenters. The average molecular weight is 396 g/mol. The second-order valence-corrected chi connectivity index (χ2v) is 9.21. The zero-order valence-electron chi connectivity index (χ0n) is 20.4. The van der Waals surface area contributed by atoms with Gasteiger partial charge in [-0.05, 0) is 38.9 Å². The van der Waals surface area contributed by atoms with Crippen LogP contribution < -0.4 is 0 Å². The van der Waals surface area contributed by atoms with E-state index in [1.54, 1.807) is 0 Å². The van der Waals surface area contributed by atoms with Gasteiger partial charge in [-0.2, -0.15) is 0 Å². The van der Waals surface area contributed by atoms with Crippen molar-refractivity contribution in [2.24, 2.45) is 0 Å². The van der Waals surface area contributed by atoms with E-state index in [0.29, 0.717) is 0 Å². The van der Waals surface area contributed by atoms with Gasteiger partial charge in [0, 0.05) is 0 Å². The molecule has 0 saturated heterocycles. The monoisotopic (exact) mass is 395 g/mol. The predicted octanol–water partition coefficient (Wildman–Crippen LogP) is 9.54. The fraction of sp³-hybridized carbons (Fsp3) is 1.00. The molecule has 1 nitrogen and oxygen atoms in total. The fourth-order valence-electron chi connectivity index (χ4n) is 4.16. The molecule has 0 aliphatic rings. The SMILES string of the molecule is CCCCCCCCCCCCCCCCCCCN(CCCC)CCCC. The highest BCUT2D eigenvalue weighted by Gasteiger charge is 2.03. The Morgan fingerprint density at radius 3 is 0.857 bits per heavy atom. The topological polar surface area (TPSA) is 3.24 Å². The third kappa shape index (κ3) is 22.3. The van der Waals surface area contributed by atoms with Gasteiger partial charge >= 0.3 is 0 Å². The third-order valence-electron chi connectivity index (χ3n) is 6.23. The molecule has 28 heavy (non-hydrogen) atoms. The van der Waals surface area contributed by atoms with Gasteiger partial charge in [0.05, 0.1) is 0 Å². The first-order chi connectivity index (χ1) is 13.8. The van der Waals surface area contributed by atoms with Gasteiger partial charge in [0.1, 0.15) is 0 Å². The van der Waals surface area contributed by atoms with Gasteiger partial charge < -0.3 is 4.90 Å². The van der Waals surface area contributed by atoms with Crippen molar-refractivity contribution in [1.29, 1.82) is 0 Å². The molecule has 0 aromatic heterocycles. The number of hydrogen-bond acceptors (Lipinski definition) is 1. The van der Waals surface area contributed by atoms with E-state index in [1.807, 2.05) is 0 Å². The molecular formula is C27H57N. The summed E-state index contributed by atoms with van der Waals surface area (Å²) >= 11 is 0. The van der Waals surface area contributed by atoms with Crippen LogP contribution in [0.2, 0.25) is 0 Å². The number of nitrogens with zero attached hydrogens (tertiary/aromatic N) is 1. The van der Waals surface area contributed by atoms with Crippen molar-refractivity contribution in [3.05, 3.63) is 0 Å². The Balaban J connectivity index is 3.23. The van der Waals surface area contributed by atoms with Crippen LogP contribution in [0.5, 0.6) is 0 Å². The minimum Gasteiger partial charge on any atom is -0.303 e. The lowest BCUT2D eigenvalue weighted by molar-refractivity contribution is 0.259. The summed E-state index contributed by atoms with van der Waals surface area (Å²) in [5, 5.41) is 0. The van der Waals surface area contributed by atoms with E-state index in [-0.39, 0.29) is 0 Å². The lowest BCUT2D eigenvalue weighted by Gasteiger charge is -2.21. The summed E-state index contributed by atoms with van der Waals surface area (Å²) in [6, 6.07) is 0. The Labute approximate surface area is 180 Å². The van der Waals surface area contributed by atoms with Crippen molar-refractivity contribution >= 4 is 0 Å². The molecular weight excluding hydrogens is 338 g/mol. The van der Waals surface area contributed by atoms with Crippen molar-refractivity contribution in [3.8, 4) is 0 Å². The van der Waals surface area contributed by atoms with Gasteiger partial charge in [0.25, 0.3) is 0 Å². The first-order valence-electron chi connectivity index (χ1n) is 13.6. The molecule has 0 spiro atoms. The van der Waals surface area contributed by atoms with Crippen molar-refractivity contribution in [2.75, 3.05) is 19.6 Å². The third-order valence-corrected chi connectivity index (χ3v) is 6.23. The second-order valence-electron chi connectivity index (χ2n) is 9.21. The van der Waals surface area contributed by atoms with Gasteiger partial charge in [0.15, 0.2) is 0 Å². The molecule has 0 rings (SSSR count). The van der Waals surface area contributed by atoms with Crippen molar-refractivity contribution < 1.29 is 0 Å². The summed E-state index contributed by atoms with van der Waals surface area (Å²) in [4.78, 5) is 2.72. The van der Waals surface area contributed by atoms with Crippen LogP contribution in [-0.2, 0) is 0 Å². The number of unbranched alkanes of at least 4 members (excludes halogenated alkanes) is 18. The van der Waals surface area contributed by atoms with E-state index in [0.717, 1.165) is 0 Å². The van der Waals surface area contributed by atoms with Gasteiger partial charge in [-0.25, -0.2) is 0 Å². The molecule has 0 aromatic carbocycles. The van der Waals surface area contributed by atoms with Crippen LogP contribution in [0.25, 0.3) is 0 Å². The van der Waals surface area contributed by atoms with Crippen LogP contribution in [0.3, 0.4) is 0 Å². The molecule has 0 saturated carbocycles. The minimum absolute atomic E-state index is 1.33. The summed E-state index contributed by atoms with van der Waals surface area (Å²) in [5.41, 5.74) is 0. The molecule has 0 fully saturated rings. The van der Waals surface area contributed by atoms with Gasteiger partial charge in [-0.1, -0.05) is 136 Å².